The van der Waals surface area contributed by atoms with E-state index in [4.69, 9.17) is 4.74 Å². The van der Waals surface area contributed by atoms with Crippen LogP contribution in [0, 0.1) is 0 Å². The van der Waals surface area contributed by atoms with E-state index in [0.717, 1.165) is 21.8 Å². The van der Waals surface area contributed by atoms with Crippen molar-refractivity contribution in [3.05, 3.63) is 53.5 Å². The molecule has 0 amide bonds. The molecule has 7 heteroatoms. The van der Waals surface area contributed by atoms with Crippen LogP contribution in [0.2, 0.25) is 0 Å². The molecular weight excluding hydrogens is 310 g/mol. The predicted molar refractivity (Wildman–Crippen MR) is 88.2 cm³/mol. The van der Waals surface area contributed by atoms with Crippen molar-refractivity contribution in [2.24, 2.45) is 7.05 Å². The number of aryl methyl sites for hydroxylation is 1. The summed E-state index contributed by atoms with van der Waals surface area (Å²) in [6, 6.07) is 15.7. The number of aromatic nitrogens is 5. The predicted octanol–water partition coefficient (Wildman–Crippen LogP) is 3.07. The van der Waals surface area contributed by atoms with E-state index in [-0.39, 0.29) is 0 Å². The summed E-state index contributed by atoms with van der Waals surface area (Å²) >= 11 is 1.65. The van der Waals surface area contributed by atoms with E-state index < -0.39 is 0 Å². The largest absolute Gasteiger partial charge is 0.486 e. The summed E-state index contributed by atoms with van der Waals surface area (Å²) in [5.74, 6) is 1.39. The highest BCUT2D eigenvalue weighted by molar-refractivity contribution is 7.18. The van der Waals surface area contributed by atoms with Gasteiger partial charge in [-0.3, -0.25) is 0 Å². The zero-order chi connectivity index (χ0) is 15.6. The first kappa shape index (κ1) is 13.8. The van der Waals surface area contributed by atoms with Crippen LogP contribution < -0.4 is 4.74 Å². The maximum absolute atomic E-state index is 5.80. The lowest BCUT2D eigenvalue weighted by Crippen LogP contribution is -1.94. The Morgan fingerprint density at radius 3 is 2.65 bits per heavy atom. The first-order valence-corrected chi connectivity index (χ1v) is 7.91. The fourth-order valence-electron chi connectivity index (χ4n) is 2.23. The van der Waals surface area contributed by atoms with Crippen molar-refractivity contribution in [3.63, 3.8) is 0 Å². The van der Waals surface area contributed by atoms with Gasteiger partial charge in [0.2, 0.25) is 5.82 Å². The zero-order valence-corrected chi connectivity index (χ0v) is 13.2. The molecule has 0 aliphatic carbocycles. The van der Waals surface area contributed by atoms with Crippen molar-refractivity contribution in [2.75, 3.05) is 0 Å². The molecule has 4 rings (SSSR count). The van der Waals surface area contributed by atoms with Gasteiger partial charge in [0.1, 0.15) is 17.4 Å². The molecule has 0 saturated heterocycles. The standard InChI is InChI=1S/C16H13N5OS/c1-21-19-16(18-20-21)11-6-8-12(9-7-11)22-10-15-17-13-4-2-3-5-14(13)23-15/h2-9H,10H2,1H3. The van der Waals surface area contributed by atoms with Crippen LogP contribution in [0.4, 0.5) is 0 Å². The van der Waals surface area contributed by atoms with Crippen molar-refractivity contribution in [3.8, 4) is 17.1 Å². The number of fused-ring (bicyclic) bond motifs is 1. The molecular formula is C16H13N5OS. The number of rotatable bonds is 4. The number of thiazole rings is 1. The van der Waals surface area contributed by atoms with E-state index >= 15 is 0 Å². The normalized spacial score (nSPS) is 11.0. The second-order valence-corrected chi connectivity index (χ2v) is 6.11. The Kier molecular flexibility index (Phi) is 3.47. The van der Waals surface area contributed by atoms with Crippen molar-refractivity contribution in [2.45, 2.75) is 6.61 Å². The number of benzene rings is 2. The zero-order valence-electron chi connectivity index (χ0n) is 12.4. The Labute approximate surface area is 136 Å². The summed E-state index contributed by atoms with van der Waals surface area (Å²) in [6.07, 6.45) is 0. The Morgan fingerprint density at radius 1 is 1.09 bits per heavy atom. The van der Waals surface area contributed by atoms with Gasteiger partial charge >= 0.3 is 0 Å². The van der Waals surface area contributed by atoms with E-state index in [1.165, 1.54) is 9.50 Å². The van der Waals surface area contributed by atoms with E-state index in [9.17, 15) is 0 Å². The molecule has 0 aliphatic rings. The van der Waals surface area contributed by atoms with Crippen LogP contribution >= 0.6 is 11.3 Å². The molecule has 0 N–H and O–H groups in total. The molecule has 0 aliphatic heterocycles. The fourth-order valence-corrected chi connectivity index (χ4v) is 3.11. The summed E-state index contributed by atoms with van der Waals surface area (Å²) in [6.45, 7) is 0.460. The highest BCUT2D eigenvalue weighted by Crippen LogP contribution is 2.24. The third-order valence-corrected chi connectivity index (χ3v) is 4.33. The van der Waals surface area contributed by atoms with Crippen LogP contribution in [0.5, 0.6) is 5.75 Å². The summed E-state index contributed by atoms with van der Waals surface area (Å²) in [5, 5.41) is 13.0. The van der Waals surface area contributed by atoms with Gasteiger partial charge in [-0.25, -0.2) is 4.98 Å². The summed E-state index contributed by atoms with van der Waals surface area (Å²) < 4.78 is 6.98. The molecule has 0 saturated carbocycles. The Hall–Kier alpha value is -2.80. The molecule has 6 nitrogen and oxygen atoms in total. The number of hydrogen-bond acceptors (Lipinski definition) is 6. The lowest BCUT2D eigenvalue weighted by molar-refractivity contribution is 0.306. The van der Waals surface area contributed by atoms with Gasteiger partial charge in [0.25, 0.3) is 0 Å². The molecule has 0 fully saturated rings. The van der Waals surface area contributed by atoms with Gasteiger partial charge in [-0.1, -0.05) is 12.1 Å². The average Bonchev–Trinajstić information content (AvgIpc) is 3.19. The maximum atomic E-state index is 5.80. The Bertz CT molecular complexity index is 911. The van der Waals surface area contributed by atoms with Gasteiger partial charge in [-0.15, -0.1) is 21.5 Å². The topological polar surface area (TPSA) is 65.7 Å². The molecule has 2 heterocycles. The lowest BCUT2D eigenvalue weighted by Gasteiger charge is -2.04. The smallest absolute Gasteiger partial charge is 0.204 e. The highest BCUT2D eigenvalue weighted by atomic mass is 32.1. The monoisotopic (exact) mass is 323 g/mol. The minimum Gasteiger partial charge on any atom is -0.486 e. The van der Waals surface area contributed by atoms with Crippen LogP contribution in [0.15, 0.2) is 48.5 Å². The van der Waals surface area contributed by atoms with Crippen LogP contribution in [-0.4, -0.2) is 25.2 Å². The molecule has 4 aromatic rings. The van der Waals surface area contributed by atoms with Gasteiger partial charge in [-0.05, 0) is 41.6 Å². The summed E-state index contributed by atoms with van der Waals surface area (Å²) in [7, 11) is 1.74. The Balaban J connectivity index is 1.46. The summed E-state index contributed by atoms with van der Waals surface area (Å²) in [5.41, 5.74) is 1.92. The average molecular weight is 323 g/mol. The number of para-hydroxylation sites is 1. The van der Waals surface area contributed by atoms with E-state index in [2.05, 4.69) is 26.5 Å². The van der Waals surface area contributed by atoms with Gasteiger partial charge in [0.05, 0.1) is 17.3 Å². The number of tetrazole rings is 1. The second-order valence-electron chi connectivity index (χ2n) is 4.99. The summed E-state index contributed by atoms with van der Waals surface area (Å²) in [4.78, 5) is 6.00. The number of nitrogens with zero attached hydrogens (tertiary/aromatic N) is 5. The van der Waals surface area contributed by atoms with E-state index in [0.29, 0.717) is 12.4 Å². The molecule has 23 heavy (non-hydrogen) atoms. The molecule has 0 spiro atoms. The minimum atomic E-state index is 0.460. The number of hydrogen-bond donors (Lipinski definition) is 0. The molecule has 114 valence electrons. The van der Waals surface area contributed by atoms with Crippen molar-refractivity contribution in [1.29, 1.82) is 0 Å². The van der Waals surface area contributed by atoms with Crippen LogP contribution in [-0.2, 0) is 13.7 Å². The third-order valence-electron chi connectivity index (χ3n) is 3.32. The van der Waals surface area contributed by atoms with Crippen molar-refractivity contribution in [1.82, 2.24) is 25.2 Å². The van der Waals surface area contributed by atoms with Crippen molar-refractivity contribution >= 4 is 21.6 Å². The first-order chi connectivity index (χ1) is 11.3. The molecule has 0 atom stereocenters. The molecule has 2 aromatic carbocycles. The SMILES string of the molecule is Cn1nnc(-c2ccc(OCc3nc4ccccc4s3)cc2)n1. The van der Waals surface area contributed by atoms with Gasteiger partial charge in [0.15, 0.2) is 0 Å². The van der Waals surface area contributed by atoms with Crippen LogP contribution in [0.1, 0.15) is 5.01 Å². The molecule has 0 bridgehead atoms. The minimum absolute atomic E-state index is 0.460. The Morgan fingerprint density at radius 2 is 1.91 bits per heavy atom. The highest BCUT2D eigenvalue weighted by Gasteiger charge is 2.06. The van der Waals surface area contributed by atoms with E-state index in [1.807, 2.05) is 42.5 Å². The van der Waals surface area contributed by atoms with Crippen LogP contribution in [0.25, 0.3) is 21.6 Å². The van der Waals surface area contributed by atoms with Gasteiger partial charge in [-0.2, -0.15) is 4.80 Å². The quantitative estimate of drug-likeness (QED) is 0.577. The fraction of sp³-hybridized carbons (Fsp3) is 0.125. The van der Waals surface area contributed by atoms with Crippen molar-refractivity contribution < 1.29 is 4.74 Å². The first-order valence-electron chi connectivity index (χ1n) is 7.09. The third kappa shape index (κ3) is 2.91. The van der Waals surface area contributed by atoms with Crippen LogP contribution in [0.3, 0.4) is 0 Å². The van der Waals surface area contributed by atoms with Gasteiger partial charge < -0.3 is 4.74 Å². The molecule has 0 radical (unpaired) electrons. The maximum Gasteiger partial charge on any atom is 0.204 e. The van der Waals surface area contributed by atoms with Gasteiger partial charge in [0, 0.05) is 5.56 Å². The lowest BCUT2D eigenvalue weighted by atomic mass is 10.2. The number of ether oxygens (including phenoxy) is 1. The van der Waals surface area contributed by atoms with E-state index in [1.54, 1.807) is 18.4 Å². The molecule has 2 aromatic heterocycles. The second kappa shape index (κ2) is 5.77. The molecule has 0 unspecified atom stereocenters.